The van der Waals surface area contributed by atoms with E-state index < -0.39 is 0 Å². The molecule has 1 atom stereocenters. The van der Waals surface area contributed by atoms with Crippen molar-refractivity contribution in [2.75, 3.05) is 6.54 Å². The van der Waals surface area contributed by atoms with Crippen molar-refractivity contribution in [3.63, 3.8) is 0 Å². The highest BCUT2D eigenvalue weighted by molar-refractivity contribution is 6.31. The summed E-state index contributed by atoms with van der Waals surface area (Å²) >= 11 is 6.31. The summed E-state index contributed by atoms with van der Waals surface area (Å²) < 4.78 is 13.1. The van der Waals surface area contributed by atoms with Crippen LogP contribution in [-0.4, -0.2) is 29.2 Å². The molecule has 0 saturated heterocycles. The Labute approximate surface area is 168 Å². The Morgan fingerprint density at radius 3 is 2.61 bits per heavy atom. The molecule has 0 spiro atoms. The van der Waals surface area contributed by atoms with Crippen LogP contribution in [0.15, 0.2) is 53.7 Å². The molecule has 0 radical (unpaired) electrons. The number of carbonyl (C=O) groups is 1. The van der Waals surface area contributed by atoms with E-state index in [9.17, 15) is 9.18 Å². The van der Waals surface area contributed by atoms with E-state index >= 15 is 0 Å². The number of halogens is 2. The molecule has 0 unspecified atom stereocenters. The third-order valence-corrected chi connectivity index (χ3v) is 5.79. The third-order valence-electron chi connectivity index (χ3n) is 5.42. The van der Waals surface area contributed by atoms with Gasteiger partial charge in [0.1, 0.15) is 5.82 Å². The Hall–Kier alpha value is -2.40. The predicted molar refractivity (Wildman–Crippen MR) is 107 cm³/mol. The molecule has 4 rings (SSSR count). The second-order valence-electron chi connectivity index (χ2n) is 7.41. The molecule has 0 aromatic heterocycles. The van der Waals surface area contributed by atoms with Crippen LogP contribution >= 0.6 is 11.6 Å². The number of nitrogens with zero attached hydrogens (tertiary/aromatic N) is 2. The number of amides is 1. The topological polar surface area (TPSA) is 41.9 Å². The van der Waals surface area contributed by atoms with Crippen LogP contribution in [0.5, 0.6) is 0 Å². The molecule has 2 aromatic rings. The SMILES string of the molecule is O=C(C1CCC1)N(Cc1ccccc1Cl)C[C@H]1CC(c2ccc(F)cc2)=NO1. The van der Waals surface area contributed by atoms with Gasteiger partial charge >= 0.3 is 0 Å². The van der Waals surface area contributed by atoms with Gasteiger partial charge in [-0.15, -0.1) is 0 Å². The summed E-state index contributed by atoms with van der Waals surface area (Å²) in [5.74, 6) is -0.0248. The molecule has 6 heteroatoms. The number of benzene rings is 2. The third kappa shape index (κ3) is 4.20. The fourth-order valence-corrected chi connectivity index (χ4v) is 3.76. The minimum Gasteiger partial charge on any atom is -0.390 e. The van der Waals surface area contributed by atoms with Crippen molar-refractivity contribution >= 4 is 23.2 Å². The van der Waals surface area contributed by atoms with Gasteiger partial charge in [0.05, 0.1) is 12.3 Å². The van der Waals surface area contributed by atoms with E-state index in [-0.39, 0.29) is 23.7 Å². The lowest BCUT2D eigenvalue weighted by Gasteiger charge is -2.33. The van der Waals surface area contributed by atoms with Crippen LogP contribution in [0.25, 0.3) is 0 Å². The molecule has 1 amide bonds. The van der Waals surface area contributed by atoms with Crippen molar-refractivity contribution in [3.05, 3.63) is 70.5 Å². The molecule has 2 aromatic carbocycles. The molecule has 1 fully saturated rings. The van der Waals surface area contributed by atoms with Gasteiger partial charge in [0.2, 0.25) is 5.91 Å². The van der Waals surface area contributed by atoms with Gasteiger partial charge in [0, 0.05) is 23.9 Å². The van der Waals surface area contributed by atoms with Crippen molar-refractivity contribution < 1.29 is 14.0 Å². The van der Waals surface area contributed by atoms with E-state index in [1.54, 1.807) is 12.1 Å². The summed E-state index contributed by atoms with van der Waals surface area (Å²) in [5, 5.41) is 4.82. The Morgan fingerprint density at radius 2 is 1.93 bits per heavy atom. The first-order valence-electron chi connectivity index (χ1n) is 9.61. The van der Waals surface area contributed by atoms with Gasteiger partial charge in [-0.3, -0.25) is 4.79 Å². The number of oxime groups is 1. The lowest BCUT2D eigenvalue weighted by atomic mass is 9.84. The minimum atomic E-state index is -0.281. The van der Waals surface area contributed by atoms with E-state index in [0.717, 1.165) is 36.1 Å². The Bertz CT molecular complexity index is 880. The molecular weight excluding hydrogens is 379 g/mol. The molecule has 0 N–H and O–H groups in total. The summed E-state index contributed by atoms with van der Waals surface area (Å²) in [7, 11) is 0. The molecule has 28 heavy (non-hydrogen) atoms. The molecule has 146 valence electrons. The second kappa shape index (κ2) is 8.31. The van der Waals surface area contributed by atoms with Gasteiger partial charge in [-0.2, -0.15) is 0 Å². The maximum Gasteiger partial charge on any atom is 0.226 e. The van der Waals surface area contributed by atoms with Crippen molar-refractivity contribution in [2.45, 2.75) is 38.3 Å². The van der Waals surface area contributed by atoms with Crippen LogP contribution in [0.3, 0.4) is 0 Å². The van der Waals surface area contributed by atoms with Gasteiger partial charge in [-0.05, 0) is 42.2 Å². The summed E-state index contributed by atoms with van der Waals surface area (Å²) in [6, 6.07) is 13.8. The van der Waals surface area contributed by atoms with Crippen LogP contribution in [0.2, 0.25) is 5.02 Å². The standard InChI is InChI=1S/C22H22ClFN2O2/c23-20-7-2-1-4-17(20)13-26(22(27)16-5-3-6-16)14-19-12-21(25-28-19)15-8-10-18(24)11-9-15/h1-2,4,7-11,16,19H,3,5-6,12-14H2/t19-/m1/s1. The summed E-state index contributed by atoms with van der Waals surface area (Å²) in [4.78, 5) is 20.4. The highest BCUT2D eigenvalue weighted by Gasteiger charge is 2.33. The molecule has 4 nitrogen and oxygen atoms in total. The quantitative estimate of drug-likeness (QED) is 0.698. The second-order valence-corrected chi connectivity index (χ2v) is 7.82. The van der Waals surface area contributed by atoms with Crippen molar-refractivity contribution in [1.82, 2.24) is 4.90 Å². The highest BCUT2D eigenvalue weighted by Crippen LogP contribution is 2.30. The molecule has 2 aliphatic rings. The van der Waals surface area contributed by atoms with Crippen LogP contribution < -0.4 is 0 Å². The largest absolute Gasteiger partial charge is 0.390 e. The van der Waals surface area contributed by atoms with Crippen LogP contribution in [0, 0.1) is 11.7 Å². The predicted octanol–water partition coefficient (Wildman–Crippen LogP) is 4.80. The zero-order valence-corrected chi connectivity index (χ0v) is 16.2. The average molecular weight is 401 g/mol. The first kappa shape index (κ1) is 18.9. The van der Waals surface area contributed by atoms with Crippen molar-refractivity contribution in [3.8, 4) is 0 Å². The van der Waals surface area contributed by atoms with Gasteiger partial charge < -0.3 is 9.74 Å². The molecule has 1 aliphatic heterocycles. The maximum absolute atomic E-state index is 13.1. The Balaban J connectivity index is 1.44. The number of rotatable bonds is 6. The normalized spacial score (nSPS) is 18.9. The number of carbonyl (C=O) groups excluding carboxylic acids is 1. The Kier molecular flexibility index (Phi) is 5.62. The van der Waals surface area contributed by atoms with E-state index in [1.165, 1.54) is 12.1 Å². The monoisotopic (exact) mass is 400 g/mol. The van der Waals surface area contributed by atoms with Crippen molar-refractivity contribution in [2.24, 2.45) is 11.1 Å². The zero-order valence-electron chi connectivity index (χ0n) is 15.5. The summed E-state index contributed by atoms with van der Waals surface area (Å²) in [5.41, 5.74) is 2.54. The van der Waals surface area contributed by atoms with E-state index in [0.29, 0.717) is 24.5 Å². The lowest BCUT2D eigenvalue weighted by molar-refractivity contribution is -0.140. The minimum absolute atomic E-state index is 0.0985. The summed E-state index contributed by atoms with van der Waals surface area (Å²) in [6.07, 6.45) is 3.37. The van der Waals surface area contributed by atoms with E-state index in [1.807, 2.05) is 29.2 Å². The first-order valence-corrected chi connectivity index (χ1v) is 9.99. The molecule has 1 heterocycles. The van der Waals surface area contributed by atoms with Crippen LogP contribution in [0.4, 0.5) is 4.39 Å². The average Bonchev–Trinajstić information content (AvgIpc) is 3.10. The van der Waals surface area contributed by atoms with E-state index in [4.69, 9.17) is 16.4 Å². The van der Waals surface area contributed by atoms with Gasteiger partial charge in [-0.25, -0.2) is 4.39 Å². The molecular formula is C22H22ClFN2O2. The van der Waals surface area contributed by atoms with Crippen molar-refractivity contribution in [1.29, 1.82) is 0 Å². The fourth-order valence-electron chi connectivity index (χ4n) is 3.56. The van der Waals surface area contributed by atoms with Gasteiger partial charge in [0.25, 0.3) is 0 Å². The van der Waals surface area contributed by atoms with E-state index in [2.05, 4.69) is 5.16 Å². The van der Waals surface area contributed by atoms with Gasteiger partial charge in [-0.1, -0.05) is 53.5 Å². The maximum atomic E-state index is 13.1. The Morgan fingerprint density at radius 1 is 1.18 bits per heavy atom. The zero-order chi connectivity index (χ0) is 19.5. The van der Waals surface area contributed by atoms with Crippen LogP contribution in [0.1, 0.15) is 36.8 Å². The lowest BCUT2D eigenvalue weighted by Crippen LogP contribution is -2.42. The summed E-state index contributed by atoms with van der Waals surface area (Å²) in [6.45, 7) is 0.912. The fraction of sp³-hybridized carbons (Fsp3) is 0.364. The number of hydrogen-bond donors (Lipinski definition) is 0. The van der Waals surface area contributed by atoms with Gasteiger partial charge in [0.15, 0.2) is 6.10 Å². The molecule has 1 saturated carbocycles. The molecule has 0 bridgehead atoms. The highest BCUT2D eigenvalue weighted by atomic mass is 35.5. The van der Waals surface area contributed by atoms with Crippen LogP contribution in [-0.2, 0) is 16.2 Å². The number of hydrogen-bond acceptors (Lipinski definition) is 3. The molecule has 1 aliphatic carbocycles. The first-order chi connectivity index (χ1) is 13.6. The smallest absolute Gasteiger partial charge is 0.226 e.